The Kier molecular flexibility index (Phi) is 6.15. The highest BCUT2D eigenvalue weighted by molar-refractivity contribution is 5.81. The van der Waals surface area contributed by atoms with Crippen molar-refractivity contribution in [2.45, 2.75) is 25.7 Å². The number of fused-ring (bicyclic) bond motifs is 1. The Bertz CT molecular complexity index is 1510. The number of rotatable bonds is 6. The number of aromatic nitrogens is 4. The van der Waals surface area contributed by atoms with Crippen LogP contribution < -0.4 is 11.1 Å². The van der Waals surface area contributed by atoms with Crippen LogP contribution in [-0.2, 0) is 12.7 Å². The Morgan fingerprint density at radius 1 is 0.972 bits per heavy atom. The van der Waals surface area contributed by atoms with Crippen LogP contribution in [0.2, 0.25) is 0 Å². The SMILES string of the molecule is C[C@@H](Nc1nccc(-c2c(-c3cccc(C(F)(F)F)c3)nc3c(CN)cccn23)n1)c1ccccc1. The van der Waals surface area contributed by atoms with Crippen molar-refractivity contribution < 1.29 is 13.2 Å². The van der Waals surface area contributed by atoms with Gasteiger partial charge < -0.3 is 11.1 Å². The summed E-state index contributed by atoms with van der Waals surface area (Å²) >= 11 is 0. The third kappa shape index (κ3) is 4.52. The van der Waals surface area contributed by atoms with Crippen molar-refractivity contribution in [2.24, 2.45) is 5.73 Å². The number of nitrogens with zero attached hydrogens (tertiary/aromatic N) is 4. The molecule has 0 aliphatic heterocycles. The fourth-order valence-corrected chi connectivity index (χ4v) is 4.15. The van der Waals surface area contributed by atoms with Gasteiger partial charge in [-0.3, -0.25) is 4.40 Å². The lowest BCUT2D eigenvalue weighted by molar-refractivity contribution is -0.137. The Hall–Kier alpha value is -4.24. The van der Waals surface area contributed by atoms with Gasteiger partial charge in [0.15, 0.2) is 0 Å². The number of anilines is 1. The molecule has 0 saturated carbocycles. The lowest BCUT2D eigenvalue weighted by Crippen LogP contribution is -2.09. The van der Waals surface area contributed by atoms with E-state index in [1.807, 2.05) is 53.8 Å². The first-order valence-corrected chi connectivity index (χ1v) is 11.4. The first-order chi connectivity index (χ1) is 17.3. The van der Waals surface area contributed by atoms with Crippen molar-refractivity contribution in [3.8, 4) is 22.6 Å². The van der Waals surface area contributed by atoms with Gasteiger partial charge in [-0.2, -0.15) is 13.2 Å². The maximum atomic E-state index is 13.5. The molecule has 0 spiro atoms. The minimum atomic E-state index is -4.47. The van der Waals surface area contributed by atoms with E-state index in [0.717, 1.165) is 23.3 Å². The molecule has 3 heterocycles. The third-order valence-electron chi connectivity index (χ3n) is 5.96. The first-order valence-electron chi connectivity index (χ1n) is 11.4. The molecular weight excluding hydrogens is 465 g/mol. The summed E-state index contributed by atoms with van der Waals surface area (Å²) in [6.07, 6.45) is -1.06. The predicted octanol–water partition coefficient (Wildman–Crippen LogP) is 6.11. The summed E-state index contributed by atoms with van der Waals surface area (Å²) in [6, 6.07) is 20.3. The van der Waals surface area contributed by atoms with Gasteiger partial charge in [0.2, 0.25) is 5.95 Å². The van der Waals surface area contributed by atoms with Crippen LogP contribution in [0.25, 0.3) is 28.3 Å². The number of pyridine rings is 1. The minimum Gasteiger partial charge on any atom is -0.348 e. The fraction of sp³-hybridized carbons (Fsp3) is 0.148. The third-order valence-corrected chi connectivity index (χ3v) is 5.96. The van der Waals surface area contributed by atoms with Crippen LogP contribution in [0.5, 0.6) is 0 Å². The summed E-state index contributed by atoms with van der Waals surface area (Å²) in [5.41, 5.74) is 9.36. The molecule has 182 valence electrons. The van der Waals surface area contributed by atoms with Crippen LogP contribution in [0.15, 0.2) is 85.2 Å². The summed E-state index contributed by atoms with van der Waals surface area (Å²) < 4.78 is 42.2. The van der Waals surface area contributed by atoms with E-state index in [1.54, 1.807) is 24.5 Å². The number of nitrogens with one attached hydrogen (secondary N) is 1. The predicted molar refractivity (Wildman–Crippen MR) is 133 cm³/mol. The van der Waals surface area contributed by atoms with Gasteiger partial charge in [0, 0.05) is 30.1 Å². The highest BCUT2D eigenvalue weighted by atomic mass is 19.4. The van der Waals surface area contributed by atoms with Crippen molar-refractivity contribution in [2.75, 3.05) is 5.32 Å². The number of halogens is 3. The van der Waals surface area contributed by atoms with Crippen molar-refractivity contribution in [3.63, 3.8) is 0 Å². The molecule has 3 N–H and O–H groups in total. The van der Waals surface area contributed by atoms with Crippen LogP contribution in [0.4, 0.5) is 19.1 Å². The number of hydrogen-bond donors (Lipinski definition) is 2. The average Bonchev–Trinajstić information content (AvgIpc) is 3.29. The lowest BCUT2D eigenvalue weighted by Gasteiger charge is -2.15. The Labute approximate surface area is 205 Å². The summed E-state index contributed by atoms with van der Waals surface area (Å²) in [6.45, 7) is 2.23. The Morgan fingerprint density at radius 2 is 1.78 bits per heavy atom. The van der Waals surface area contributed by atoms with Crippen LogP contribution in [0, 0.1) is 0 Å². The Balaban J connectivity index is 1.65. The van der Waals surface area contributed by atoms with E-state index in [-0.39, 0.29) is 12.6 Å². The summed E-state index contributed by atoms with van der Waals surface area (Å²) in [5.74, 6) is 0.392. The van der Waals surface area contributed by atoms with E-state index in [1.165, 1.54) is 6.07 Å². The van der Waals surface area contributed by atoms with Crippen LogP contribution in [0.1, 0.15) is 29.7 Å². The number of imidazole rings is 1. The van der Waals surface area contributed by atoms with E-state index in [9.17, 15) is 13.2 Å². The second-order valence-corrected chi connectivity index (χ2v) is 8.36. The van der Waals surface area contributed by atoms with Crippen LogP contribution >= 0.6 is 0 Å². The Morgan fingerprint density at radius 3 is 2.53 bits per heavy atom. The van der Waals surface area contributed by atoms with Gasteiger partial charge in [0.05, 0.1) is 28.7 Å². The van der Waals surface area contributed by atoms with Gasteiger partial charge in [-0.15, -0.1) is 0 Å². The largest absolute Gasteiger partial charge is 0.416 e. The fourth-order valence-electron chi connectivity index (χ4n) is 4.15. The zero-order valence-corrected chi connectivity index (χ0v) is 19.4. The molecule has 5 rings (SSSR count). The molecule has 3 aromatic heterocycles. The second-order valence-electron chi connectivity index (χ2n) is 8.36. The van der Waals surface area contributed by atoms with Gasteiger partial charge in [-0.1, -0.05) is 48.5 Å². The topological polar surface area (TPSA) is 81.1 Å². The molecule has 6 nitrogen and oxygen atoms in total. The molecule has 9 heteroatoms. The molecule has 0 amide bonds. The van der Waals surface area contributed by atoms with Crippen molar-refractivity contribution >= 4 is 11.6 Å². The molecule has 0 bridgehead atoms. The molecule has 0 saturated heterocycles. The standard InChI is InChI=1S/C27H23F3N6/c1-17(18-7-3-2-4-8-18)33-26-32-13-12-22(34-26)24-23(19-9-5-11-21(15-19)27(28,29)30)35-25-20(16-31)10-6-14-36(24)25/h2-15,17H,16,31H2,1H3,(H,32,33,34)/t17-/m1/s1. The van der Waals surface area contributed by atoms with E-state index < -0.39 is 11.7 Å². The number of benzene rings is 2. The molecule has 0 aliphatic rings. The van der Waals surface area contributed by atoms with E-state index in [0.29, 0.717) is 34.2 Å². The minimum absolute atomic E-state index is 0.0598. The monoisotopic (exact) mass is 488 g/mol. The molecule has 0 unspecified atom stereocenters. The molecule has 1 atom stereocenters. The smallest absolute Gasteiger partial charge is 0.348 e. The van der Waals surface area contributed by atoms with E-state index in [2.05, 4.69) is 10.3 Å². The number of hydrogen-bond acceptors (Lipinski definition) is 5. The molecule has 0 fully saturated rings. The maximum absolute atomic E-state index is 13.5. The first kappa shape index (κ1) is 23.5. The van der Waals surface area contributed by atoms with E-state index >= 15 is 0 Å². The average molecular weight is 489 g/mol. The molecule has 5 aromatic rings. The van der Waals surface area contributed by atoms with Gasteiger partial charge >= 0.3 is 6.18 Å². The highest BCUT2D eigenvalue weighted by Gasteiger charge is 2.31. The lowest BCUT2D eigenvalue weighted by atomic mass is 10.0. The quantitative estimate of drug-likeness (QED) is 0.301. The summed E-state index contributed by atoms with van der Waals surface area (Å²) in [7, 11) is 0. The van der Waals surface area contributed by atoms with Gasteiger partial charge in [-0.25, -0.2) is 15.0 Å². The van der Waals surface area contributed by atoms with Crippen LogP contribution in [0.3, 0.4) is 0 Å². The molecule has 0 radical (unpaired) electrons. The van der Waals surface area contributed by atoms with Crippen molar-refractivity contribution in [1.29, 1.82) is 0 Å². The zero-order valence-electron chi connectivity index (χ0n) is 19.4. The zero-order chi connectivity index (χ0) is 25.3. The molecule has 2 aromatic carbocycles. The van der Waals surface area contributed by atoms with Gasteiger partial charge in [-0.05, 0) is 36.8 Å². The van der Waals surface area contributed by atoms with Gasteiger partial charge in [0.25, 0.3) is 0 Å². The number of nitrogens with two attached hydrogens (primary N) is 1. The molecular formula is C27H23F3N6. The number of alkyl halides is 3. The van der Waals surface area contributed by atoms with E-state index in [4.69, 9.17) is 15.7 Å². The molecule has 36 heavy (non-hydrogen) atoms. The van der Waals surface area contributed by atoms with Crippen LogP contribution in [-0.4, -0.2) is 19.4 Å². The molecule has 0 aliphatic carbocycles. The second kappa shape index (κ2) is 9.43. The maximum Gasteiger partial charge on any atom is 0.416 e. The summed E-state index contributed by atoms with van der Waals surface area (Å²) in [5, 5.41) is 3.30. The van der Waals surface area contributed by atoms with Crippen molar-refractivity contribution in [1.82, 2.24) is 19.4 Å². The van der Waals surface area contributed by atoms with Crippen molar-refractivity contribution in [3.05, 3.63) is 102 Å². The summed E-state index contributed by atoms with van der Waals surface area (Å²) in [4.78, 5) is 13.8. The normalized spacial score (nSPS) is 12.6. The van der Waals surface area contributed by atoms with Gasteiger partial charge in [0.1, 0.15) is 5.65 Å². The highest BCUT2D eigenvalue weighted by Crippen LogP contribution is 2.36.